The van der Waals surface area contributed by atoms with Gasteiger partial charge in [0.15, 0.2) is 0 Å². The maximum absolute atomic E-state index is 10.6. The number of ether oxygens (including phenoxy) is 1. The molecule has 1 aromatic carbocycles. The van der Waals surface area contributed by atoms with Crippen LogP contribution in [0.2, 0.25) is 0 Å². The molecule has 0 aliphatic rings. The highest BCUT2D eigenvalue weighted by Gasteiger charge is 2.14. The summed E-state index contributed by atoms with van der Waals surface area (Å²) in [5, 5.41) is 24.5. The minimum absolute atomic E-state index is 0.0970. The van der Waals surface area contributed by atoms with E-state index in [9.17, 15) is 15.2 Å². The Morgan fingerprint density at radius 1 is 1.43 bits per heavy atom. The van der Waals surface area contributed by atoms with Crippen LogP contribution in [-0.4, -0.2) is 32.5 Å². The van der Waals surface area contributed by atoms with Gasteiger partial charge in [-0.05, 0) is 24.0 Å². The minimum atomic E-state index is -0.806. The minimum Gasteiger partial charge on any atom is -0.491 e. The van der Waals surface area contributed by atoms with E-state index < -0.39 is 11.0 Å². The molecule has 7 heteroatoms. The zero-order chi connectivity index (χ0) is 16.8. The Bertz CT molecular complexity index is 656. The van der Waals surface area contributed by atoms with E-state index in [1.807, 2.05) is 24.3 Å². The van der Waals surface area contributed by atoms with Crippen LogP contribution in [0.5, 0.6) is 5.75 Å². The highest BCUT2D eigenvalue weighted by Crippen LogP contribution is 2.28. The van der Waals surface area contributed by atoms with Crippen molar-refractivity contribution in [3.8, 4) is 5.75 Å². The van der Waals surface area contributed by atoms with Gasteiger partial charge in [-0.15, -0.1) is 0 Å². The number of para-hydroxylation sites is 1. The van der Waals surface area contributed by atoms with Crippen molar-refractivity contribution in [1.82, 2.24) is 9.78 Å². The number of aliphatic hydroxyl groups is 1. The Morgan fingerprint density at radius 3 is 2.83 bits per heavy atom. The summed E-state index contributed by atoms with van der Waals surface area (Å²) in [6.07, 6.45) is 2.64. The van der Waals surface area contributed by atoms with Gasteiger partial charge < -0.3 is 9.84 Å². The largest absolute Gasteiger partial charge is 0.491 e. The number of nitro groups is 1. The Morgan fingerprint density at radius 2 is 2.17 bits per heavy atom. The van der Waals surface area contributed by atoms with Crippen LogP contribution in [0.3, 0.4) is 0 Å². The van der Waals surface area contributed by atoms with Gasteiger partial charge in [-0.3, -0.25) is 14.8 Å². The van der Waals surface area contributed by atoms with Crippen molar-refractivity contribution in [3.63, 3.8) is 0 Å². The molecule has 2 unspecified atom stereocenters. The molecule has 0 fully saturated rings. The Balaban J connectivity index is 1.94. The first-order valence-corrected chi connectivity index (χ1v) is 7.57. The summed E-state index contributed by atoms with van der Waals surface area (Å²) in [6.45, 7) is 4.48. The predicted molar refractivity (Wildman–Crippen MR) is 85.5 cm³/mol. The van der Waals surface area contributed by atoms with Crippen molar-refractivity contribution in [2.75, 3.05) is 6.61 Å². The molecule has 0 spiro atoms. The first-order chi connectivity index (χ1) is 11.0. The molecular formula is C16H21N3O4. The van der Waals surface area contributed by atoms with E-state index >= 15 is 0 Å². The number of rotatable bonds is 8. The number of aliphatic hydroxyl groups excluding tert-OH is 1. The van der Waals surface area contributed by atoms with Crippen LogP contribution in [0.15, 0.2) is 36.7 Å². The van der Waals surface area contributed by atoms with Crippen LogP contribution < -0.4 is 4.74 Å². The van der Waals surface area contributed by atoms with Crippen LogP contribution in [0.25, 0.3) is 0 Å². The van der Waals surface area contributed by atoms with E-state index in [1.54, 1.807) is 0 Å². The number of nitrogens with zero attached hydrogens (tertiary/aromatic N) is 3. The SMILES string of the molecule is CCC(C)c1ccccc1OCC(O)Cn1cc([N+](=O)[O-])cn1. The third-order valence-electron chi connectivity index (χ3n) is 3.72. The van der Waals surface area contributed by atoms with Crippen LogP contribution in [0.4, 0.5) is 5.69 Å². The predicted octanol–water partition coefficient (Wildman–Crippen LogP) is 2.74. The van der Waals surface area contributed by atoms with E-state index in [0.29, 0.717) is 5.92 Å². The van der Waals surface area contributed by atoms with Crippen LogP contribution in [0, 0.1) is 10.1 Å². The molecule has 2 aromatic rings. The maximum atomic E-state index is 10.6. The number of hydrogen-bond acceptors (Lipinski definition) is 5. The Labute approximate surface area is 134 Å². The van der Waals surface area contributed by atoms with Crippen molar-refractivity contribution in [2.24, 2.45) is 0 Å². The van der Waals surface area contributed by atoms with Gasteiger partial charge in [0.05, 0.1) is 11.5 Å². The zero-order valence-electron chi connectivity index (χ0n) is 13.3. The van der Waals surface area contributed by atoms with Crippen molar-refractivity contribution in [1.29, 1.82) is 0 Å². The molecule has 0 amide bonds. The highest BCUT2D eigenvalue weighted by atomic mass is 16.6. The molecular weight excluding hydrogens is 298 g/mol. The lowest BCUT2D eigenvalue weighted by atomic mass is 9.98. The molecule has 124 valence electrons. The lowest BCUT2D eigenvalue weighted by Gasteiger charge is -2.17. The highest BCUT2D eigenvalue weighted by molar-refractivity contribution is 5.35. The van der Waals surface area contributed by atoms with Gasteiger partial charge >= 0.3 is 5.69 Å². The molecule has 0 bridgehead atoms. The van der Waals surface area contributed by atoms with Gasteiger partial charge in [-0.2, -0.15) is 5.10 Å². The average Bonchev–Trinajstić information content (AvgIpc) is 3.01. The van der Waals surface area contributed by atoms with Gasteiger partial charge in [0.25, 0.3) is 0 Å². The lowest BCUT2D eigenvalue weighted by molar-refractivity contribution is -0.385. The number of hydrogen-bond donors (Lipinski definition) is 1. The molecule has 0 saturated heterocycles. The standard InChI is InChI=1S/C16H21N3O4/c1-3-12(2)15-6-4-5-7-16(15)23-11-14(20)10-18-9-13(8-17-18)19(21)22/h4-9,12,14,20H,3,10-11H2,1-2H3. The molecule has 2 atom stereocenters. The third-order valence-corrected chi connectivity index (χ3v) is 3.72. The van der Waals surface area contributed by atoms with Crippen LogP contribution in [0.1, 0.15) is 31.7 Å². The average molecular weight is 319 g/mol. The molecule has 7 nitrogen and oxygen atoms in total. The Hall–Kier alpha value is -2.41. The molecule has 1 heterocycles. The topological polar surface area (TPSA) is 90.4 Å². The summed E-state index contributed by atoms with van der Waals surface area (Å²) in [7, 11) is 0. The van der Waals surface area contributed by atoms with Gasteiger partial charge in [-0.1, -0.05) is 32.0 Å². The quantitative estimate of drug-likeness (QED) is 0.597. The molecule has 0 saturated carbocycles. The summed E-state index contributed by atoms with van der Waals surface area (Å²) in [4.78, 5) is 10.1. The second kappa shape index (κ2) is 7.73. The van der Waals surface area contributed by atoms with E-state index in [2.05, 4.69) is 18.9 Å². The monoisotopic (exact) mass is 319 g/mol. The van der Waals surface area contributed by atoms with E-state index in [1.165, 1.54) is 10.9 Å². The van der Waals surface area contributed by atoms with E-state index in [4.69, 9.17) is 4.74 Å². The second-order valence-corrected chi connectivity index (χ2v) is 5.49. The van der Waals surface area contributed by atoms with Gasteiger partial charge in [0, 0.05) is 0 Å². The first-order valence-electron chi connectivity index (χ1n) is 7.57. The fourth-order valence-corrected chi connectivity index (χ4v) is 2.24. The summed E-state index contributed by atoms with van der Waals surface area (Å²) < 4.78 is 7.06. The summed E-state index contributed by atoms with van der Waals surface area (Å²) >= 11 is 0. The molecule has 23 heavy (non-hydrogen) atoms. The van der Waals surface area contributed by atoms with E-state index in [-0.39, 0.29) is 18.8 Å². The fraction of sp³-hybridized carbons (Fsp3) is 0.438. The smallest absolute Gasteiger partial charge is 0.306 e. The number of aromatic nitrogens is 2. The lowest BCUT2D eigenvalue weighted by Crippen LogP contribution is -2.24. The first kappa shape index (κ1) is 17.0. The van der Waals surface area contributed by atoms with Gasteiger partial charge in [0.1, 0.15) is 30.9 Å². The summed E-state index contributed by atoms with van der Waals surface area (Å²) in [5.74, 6) is 1.13. The van der Waals surface area contributed by atoms with Crippen LogP contribution >= 0.6 is 0 Å². The van der Waals surface area contributed by atoms with Gasteiger partial charge in [0.2, 0.25) is 0 Å². The van der Waals surface area contributed by atoms with Crippen molar-refractivity contribution < 1.29 is 14.8 Å². The van der Waals surface area contributed by atoms with E-state index in [0.717, 1.165) is 23.9 Å². The third kappa shape index (κ3) is 4.53. The number of benzene rings is 1. The molecule has 1 aromatic heterocycles. The summed E-state index contributed by atoms with van der Waals surface area (Å²) in [5.41, 5.74) is 1.01. The molecule has 1 N–H and O–H groups in total. The molecule has 2 rings (SSSR count). The molecule has 0 aliphatic heterocycles. The summed E-state index contributed by atoms with van der Waals surface area (Å²) in [6, 6.07) is 7.76. The molecule has 0 radical (unpaired) electrons. The fourth-order valence-electron chi connectivity index (χ4n) is 2.24. The Kier molecular flexibility index (Phi) is 5.70. The maximum Gasteiger partial charge on any atom is 0.306 e. The van der Waals surface area contributed by atoms with Crippen molar-refractivity contribution in [3.05, 3.63) is 52.3 Å². The van der Waals surface area contributed by atoms with Crippen molar-refractivity contribution >= 4 is 5.69 Å². The van der Waals surface area contributed by atoms with Crippen LogP contribution in [-0.2, 0) is 6.54 Å². The molecule has 0 aliphatic carbocycles. The second-order valence-electron chi connectivity index (χ2n) is 5.49. The van der Waals surface area contributed by atoms with Gasteiger partial charge in [-0.25, -0.2) is 0 Å². The van der Waals surface area contributed by atoms with Crippen molar-refractivity contribution in [2.45, 2.75) is 38.8 Å². The normalized spacial score (nSPS) is 13.5. The zero-order valence-corrected chi connectivity index (χ0v) is 13.3.